The standard InChI is InChI=1S/C14H21BrN4O2/c1-13(2,3)21-12(20)18-6-4-14(5-7-18)8-10-11(15)16-17-19(10)9-14/h4-9H2,1-3H3. The monoisotopic (exact) mass is 356 g/mol. The third-order valence-corrected chi connectivity index (χ3v) is 4.91. The van der Waals surface area contributed by atoms with Crippen molar-refractivity contribution in [2.24, 2.45) is 5.41 Å². The fourth-order valence-electron chi connectivity index (χ4n) is 3.16. The predicted octanol–water partition coefficient (Wildman–Crippen LogP) is 2.61. The number of carbonyl (C=O) groups is 1. The summed E-state index contributed by atoms with van der Waals surface area (Å²) in [4.78, 5) is 13.9. The quantitative estimate of drug-likeness (QED) is 0.716. The van der Waals surface area contributed by atoms with Crippen LogP contribution in [0.3, 0.4) is 0 Å². The molecular weight excluding hydrogens is 336 g/mol. The summed E-state index contributed by atoms with van der Waals surface area (Å²) in [5.74, 6) is 0. The molecule has 0 N–H and O–H groups in total. The Bertz CT molecular complexity index is 556. The van der Waals surface area contributed by atoms with Crippen LogP contribution in [-0.2, 0) is 17.7 Å². The smallest absolute Gasteiger partial charge is 0.410 e. The Hall–Kier alpha value is -1.11. The van der Waals surface area contributed by atoms with Crippen LogP contribution in [0.25, 0.3) is 0 Å². The van der Waals surface area contributed by atoms with Crippen LogP contribution in [0, 0.1) is 5.41 Å². The van der Waals surface area contributed by atoms with Crippen molar-refractivity contribution in [3.05, 3.63) is 10.3 Å². The van der Waals surface area contributed by atoms with E-state index in [0.29, 0.717) is 0 Å². The molecule has 2 aliphatic rings. The van der Waals surface area contributed by atoms with Crippen LogP contribution in [0.4, 0.5) is 4.79 Å². The van der Waals surface area contributed by atoms with E-state index < -0.39 is 5.60 Å². The molecule has 3 rings (SSSR count). The van der Waals surface area contributed by atoms with E-state index in [1.165, 1.54) is 5.69 Å². The number of piperidine rings is 1. The molecule has 1 saturated heterocycles. The molecular formula is C14H21BrN4O2. The van der Waals surface area contributed by atoms with Crippen LogP contribution in [0.5, 0.6) is 0 Å². The fraction of sp³-hybridized carbons (Fsp3) is 0.786. The van der Waals surface area contributed by atoms with Crippen LogP contribution in [0.2, 0.25) is 0 Å². The number of halogens is 1. The van der Waals surface area contributed by atoms with E-state index in [0.717, 1.165) is 43.5 Å². The summed E-state index contributed by atoms with van der Waals surface area (Å²) in [5, 5.41) is 8.21. The molecule has 1 spiro atoms. The van der Waals surface area contributed by atoms with Crippen LogP contribution in [0.15, 0.2) is 4.60 Å². The third-order valence-electron chi connectivity index (χ3n) is 4.29. The van der Waals surface area contributed by atoms with E-state index >= 15 is 0 Å². The topological polar surface area (TPSA) is 60.2 Å². The molecule has 0 aromatic carbocycles. The van der Waals surface area contributed by atoms with Crippen LogP contribution in [-0.4, -0.2) is 44.7 Å². The highest BCUT2D eigenvalue weighted by molar-refractivity contribution is 9.10. The van der Waals surface area contributed by atoms with Crippen molar-refractivity contribution in [2.75, 3.05) is 13.1 Å². The molecule has 6 nitrogen and oxygen atoms in total. The zero-order valence-corrected chi connectivity index (χ0v) is 14.3. The maximum atomic E-state index is 12.1. The minimum Gasteiger partial charge on any atom is -0.444 e. The lowest BCUT2D eigenvalue weighted by Gasteiger charge is -2.39. The van der Waals surface area contributed by atoms with Crippen LogP contribution < -0.4 is 0 Å². The Morgan fingerprint density at radius 1 is 1.33 bits per heavy atom. The Kier molecular flexibility index (Phi) is 3.50. The molecule has 1 amide bonds. The summed E-state index contributed by atoms with van der Waals surface area (Å²) in [6.07, 6.45) is 2.77. The first-order valence-electron chi connectivity index (χ1n) is 7.34. The lowest BCUT2D eigenvalue weighted by molar-refractivity contribution is 0.00973. The molecule has 2 aliphatic heterocycles. The molecule has 0 bridgehead atoms. The first-order chi connectivity index (χ1) is 9.78. The van der Waals surface area contributed by atoms with Crippen molar-refractivity contribution in [2.45, 2.75) is 52.2 Å². The van der Waals surface area contributed by atoms with Gasteiger partial charge in [-0.3, -0.25) is 0 Å². The average Bonchev–Trinajstić information content (AvgIpc) is 2.88. The molecule has 0 radical (unpaired) electrons. The van der Waals surface area contributed by atoms with Crippen molar-refractivity contribution >= 4 is 22.0 Å². The number of hydrogen-bond donors (Lipinski definition) is 0. The predicted molar refractivity (Wildman–Crippen MR) is 80.9 cm³/mol. The first-order valence-corrected chi connectivity index (χ1v) is 8.13. The van der Waals surface area contributed by atoms with Crippen molar-refractivity contribution < 1.29 is 9.53 Å². The van der Waals surface area contributed by atoms with Gasteiger partial charge in [0, 0.05) is 19.6 Å². The van der Waals surface area contributed by atoms with E-state index in [9.17, 15) is 4.79 Å². The molecule has 116 valence electrons. The van der Waals surface area contributed by atoms with Gasteiger partial charge in [0.15, 0.2) is 4.60 Å². The summed E-state index contributed by atoms with van der Waals surface area (Å²) in [5.41, 5.74) is 0.978. The molecule has 21 heavy (non-hydrogen) atoms. The summed E-state index contributed by atoms with van der Waals surface area (Å²) in [6, 6.07) is 0. The maximum absolute atomic E-state index is 12.1. The van der Waals surface area contributed by atoms with Gasteiger partial charge >= 0.3 is 6.09 Å². The minimum absolute atomic E-state index is 0.198. The summed E-state index contributed by atoms with van der Waals surface area (Å²) in [7, 11) is 0. The van der Waals surface area contributed by atoms with Crippen LogP contribution >= 0.6 is 15.9 Å². The number of nitrogens with zero attached hydrogens (tertiary/aromatic N) is 4. The second-order valence-electron chi connectivity index (χ2n) is 7.13. The lowest BCUT2D eigenvalue weighted by atomic mass is 9.77. The van der Waals surface area contributed by atoms with Gasteiger partial charge in [0.1, 0.15) is 5.60 Å². The van der Waals surface area contributed by atoms with Gasteiger partial charge in [-0.25, -0.2) is 9.48 Å². The van der Waals surface area contributed by atoms with Gasteiger partial charge in [-0.2, -0.15) is 0 Å². The van der Waals surface area contributed by atoms with Gasteiger partial charge in [-0.15, -0.1) is 5.10 Å². The van der Waals surface area contributed by atoms with E-state index in [4.69, 9.17) is 4.74 Å². The van der Waals surface area contributed by atoms with Crippen molar-refractivity contribution in [1.82, 2.24) is 19.9 Å². The number of carbonyl (C=O) groups excluding carboxylic acids is 1. The van der Waals surface area contributed by atoms with E-state index in [2.05, 4.69) is 26.2 Å². The van der Waals surface area contributed by atoms with E-state index in [1.54, 1.807) is 0 Å². The van der Waals surface area contributed by atoms with Crippen molar-refractivity contribution in [3.63, 3.8) is 0 Å². The highest BCUT2D eigenvalue weighted by Gasteiger charge is 2.43. The van der Waals surface area contributed by atoms with E-state index in [-0.39, 0.29) is 11.5 Å². The second kappa shape index (κ2) is 4.97. The van der Waals surface area contributed by atoms with Gasteiger partial charge in [0.2, 0.25) is 0 Å². The van der Waals surface area contributed by atoms with Gasteiger partial charge in [-0.1, -0.05) is 5.21 Å². The Labute approximate surface area is 132 Å². The fourth-order valence-corrected chi connectivity index (χ4v) is 3.57. The van der Waals surface area contributed by atoms with Crippen molar-refractivity contribution in [3.8, 4) is 0 Å². The van der Waals surface area contributed by atoms with Gasteiger partial charge < -0.3 is 9.64 Å². The first kappa shape index (κ1) is 14.8. The molecule has 3 heterocycles. The van der Waals surface area contributed by atoms with Gasteiger partial charge in [0.05, 0.1) is 5.69 Å². The summed E-state index contributed by atoms with van der Waals surface area (Å²) < 4.78 is 8.29. The molecule has 0 saturated carbocycles. The SMILES string of the molecule is CC(C)(C)OC(=O)N1CCC2(CC1)Cc1c(Br)nnn1C2. The Balaban J connectivity index is 1.60. The zero-order valence-electron chi connectivity index (χ0n) is 12.7. The number of amides is 1. The van der Waals surface area contributed by atoms with Crippen LogP contribution in [0.1, 0.15) is 39.3 Å². The molecule has 0 atom stereocenters. The molecule has 1 aromatic heterocycles. The average molecular weight is 357 g/mol. The molecule has 1 fully saturated rings. The van der Waals surface area contributed by atoms with Gasteiger partial charge in [0.25, 0.3) is 0 Å². The lowest BCUT2D eigenvalue weighted by Crippen LogP contribution is -2.45. The molecule has 1 aromatic rings. The number of likely N-dealkylation sites (tertiary alicyclic amines) is 1. The van der Waals surface area contributed by atoms with Gasteiger partial charge in [-0.05, 0) is 61.4 Å². The molecule has 0 unspecified atom stereocenters. The number of fused-ring (bicyclic) bond motifs is 1. The van der Waals surface area contributed by atoms with Crippen molar-refractivity contribution in [1.29, 1.82) is 0 Å². The summed E-state index contributed by atoms with van der Waals surface area (Å²) >= 11 is 3.46. The number of hydrogen-bond acceptors (Lipinski definition) is 4. The highest BCUT2D eigenvalue weighted by Crippen LogP contribution is 2.42. The number of aromatic nitrogens is 3. The van der Waals surface area contributed by atoms with E-state index in [1.807, 2.05) is 30.4 Å². The zero-order chi connectivity index (χ0) is 15.3. The Morgan fingerprint density at radius 2 is 2.00 bits per heavy atom. The Morgan fingerprint density at radius 3 is 2.57 bits per heavy atom. The maximum Gasteiger partial charge on any atom is 0.410 e. The largest absolute Gasteiger partial charge is 0.444 e. The molecule has 7 heteroatoms. The molecule has 0 aliphatic carbocycles. The summed E-state index contributed by atoms with van der Waals surface area (Å²) in [6.45, 7) is 8.11. The second-order valence-corrected chi connectivity index (χ2v) is 7.88. The third kappa shape index (κ3) is 2.93. The minimum atomic E-state index is -0.432. The number of ether oxygens (including phenoxy) is 1. The normalized spacial score (nSPS) is 20.7. The highest BCUT2D eigenvalue weighted by atomic mass is 79.9. The number of rotatable bonds is 0.